The number of carbonyl (C=O) groups excluding carboxylic acids is 2. The van der Waals surface area contributed by atoms with E-state index in [9.17, 15) is 14.7 Å². The van der Waals surface area contributed by atoms with E-state index in [0.29, 0.717) is 29.1 Å². The molecule has 0 bridgehead atoms. The number of pyridine rings is 1. The van der Waals surface area contributed by atoms with Gasteiger partial charge in [0, 0.05) is 31.1 Å². The Labute approximate surface area is 184 Å². The molecule has 0 saturated carbocycles. The molecule has 1 fully saturated rings. The van der Waals surface area contributed by atoms with Crippen molar-refractivity contribution >= 4 is 11.9 Å². The SMILES string of the molecule is CCOC(=O)c1cc(-n2cncn2)cc(-c2cccc(C#CC3(O)CCN(C)C3=O)c2)n1. The molecule has 1 atom stereocenters. The van der Waals surface area contributed by atoms with E-state index in [0.717, 1.165) is 0 Å². The molecule has 1 amide bonds. The number of esters is 1. The summed E-state index contributed by atoms with van der Waals surface area (Å²) in [6, 6.07) is 10.5. The number of nitrogens with zero attached hydrogens (tertiary/aromatic N) is 5. The lowest BCUT2D eigenvalue weighted by atomic mass is 10.0. The van der Waals surface area contributed by atoms with Crippen LogP contribution in [-0.2, 0) is 9.53 Å². The van der Waals surface area contributed by atoms with Crippen LogP contribution in [0.3, 0.4) is 0 Å². The number of hydrogen-bond acceptors (Lipinski definition) is 7. The van der Waals surface area contributed by atoms with Crippen molar-refractivity contribution in [3.63, 3.8) is 0 Å². The summed E-state index contributed by atoms with van der Waals surface area (Å²) in [4.78, 5) is 34.4. The van der Waals surface area contributed by atoms with Crippen molar-refractivity contribution in [2.24, 2.45) is 0 Å². The highest BCUT2D eigenvalue weighted by molar-refractivity contribution is 5.90. The zero-order chi connectivity index (χ0) is 22.7. The highest BCUT2D eigenvalue weighted by Gasteiger charge is 2.42. The maximum absolute atomic E-state index is 12.3. The van der Waals surface area contributed by atoms with Crippen molar-refractivity contribution in [3.8, 4) is 28.8 Å². The molecule has 9 heteroatoms. The summed E-state index contributed by atoms with van der Waals surface area (Å²) in [6.45, 7) is 2.41. The molecule has 3 aromatic rings. The Morgan fingerprint density at radius 1 is 1.31 bits per heavy atom. The fourth-order valence-corrected chi connectivity index (χ4v) is 3.35. The first-order chi connectivity index (χ1) is 15.4. The predicted molar refractivity (Wildman–Crippen MR) is 115 cm³/mol. The molecule has 9 nitrogen and oxygen atoms in total. The highest BCUT2D eigenvalue weighted by Crippen LogP contribution is 2.24. The minimum absolute atomic E-state index is 0.139. The van der Waals surface area contributed by atoms with E-state index in [-0.39, 0.29) is 18.7 Å². The lowest BCUT2D eigenvalue weighted by molar-refractivity contribution is -0.137. The van der Waals surface area contributed by atoms with Crippen molar-refractivity contribution in [1.29, 1.82) is 0 Å². The fraction of sp³-hybridized carbons (Fsp3) is 0.261. The quantitative estimate of drug-likeness (QED) is 0.492. The van der Waals surface area contributed by atoms with Gasteiger partial charge in [-0.05, 0) is 31.2 Å². The van der Waals surface area contributed by atoms with Gasteiger partial charge in [0.2, 0.25) is 5.60 Å². The van der Waals surface area contributed by atoms with Crippen LogP contribution in [0.2, 0.25) is 0 Å². The second-order valence-corrected chi connectivity index (χ2v) is 7.32. The first-order valence-corrected chi connectivity index (χ1v) is 10.1. The van der Waals surface area contributed by atoms with Gasteiger partial charge in [-0.15, -0.1) is 0 Å². The summed E-state index contributed by atoms with van der Waals surface area (Å²) in [5, 5.41) is 14.6. The number of aliphatic hydroxyl groups is 1. The average molecular weight is 431 g/mol. The number of amides is 1. The Kier molecular flexibility index (Phi) is 5.71. The van der Waals surface area contributed by atoms with Gasteiger partial charge in [0.1, 0.15) is 12.7 Å². The second kappa shape index (κ2) is 8.61. The molecule has 1 aliphatic rings. The summed E-state index contributed by atoms with van der Waals surface area (Å²) in [5.41, 5.74) is 0.879. The normalized spacial score (nSPS) is 17.7. The molecule has 0 aliphatic carbocycles. The molecule has 1 aliphatic heterocycles. The van der Waals surface area contributed by atoms with Gasteiger partial charge in [0.25, 0.3) is 5.91 Å². The van der Waals surface area contributed by atoms with Crippen LogP contribution in [0.4, 0.5) is 0 Å². The Balaban J connectivity index is 1.72. The van der Waals surface area contributed by atoms with Crippen molar-refractivity contribution in [3.05, 3.63) is 60.3 Å². The molecular weight excluding hydrogens is 410 g/mol. The van der Waals surface area contributed by atoms with Crippen LogP contribution in [0, 0.1) is 11.8 Å². The number of carbonyl (C=O) groups is 2. The molecule has 0 radical (unpaired) electrons. The largest absolute Gasteiger partial charge is 0.461 e. The number of rotatable bonds is 4. The minimum atomic E-state index is -1.67. The van der Waals surface area contributed by atoms with E-state index >= 15 is 0 Å². The van der Waals surface area contributed by atoms with Gasteiger partial charge < -0.3 is 14.7 Å². The van der Waals surface area contributed by atoms with Crippen LogP contribution in [0.1, 0.15) is 29.4 Å². The molecule has 3 heterocycles. The van der Waals surface area contributed by atoms with Gasteiger partial charge in [-0.25, -0.2) is 19.4 Å². The van der Waals surface area contributed by atoms with E-state index in [2.05, 4.69) is 26.9 Å². The average Bonchev–Trinajstić information content (AvgIpc) is 3.43. The third-order valence-electron chi connectivity index (χ3n) is 5.06. The van der Waals surface area contributed by atoms with Crippen LogP contribution < -0.4 is 0 Å². The number of aromatic nitrogens is 4. The van der Waals surface area contributed by atoms with E-state index in [1.165, 1.54) is 22.2 Å². The maximum atomic E-state index is 12.3. The van der Waals surface area contributed by atoms with Crippen LogP contribution >= 0.6 is 0 Å². The second-order valence-electron chi connectivity index (χ2n) is 7.32. The van der Waals surface area contributed by atoms with E-state index in [1.54, 1.807) is 44.3 Å². The molecule has 4 rings (SSSR count). The lowest BCUT2D eigenvalue weighted by Crippen LogP contribution is -2.37. The molecule has 162 valence electrons. The first kappa shape index (κ1) is 21.2. The van der Waals surface area contributed by atoms with Crippen LogP contribution in [0.5, 0.6) is 0 Å². The monoisotopic (exact) mass is 431 g/mol. The minimum Gasteiger partial charge on any atom is -0.461 e. The topological polar surface area (TPSA) is 110 Å². The van der Waals surface area contributed by atoms with Gasteiger partial charge in [0.15, 0.2) is 5.69 Å². The molecule has 1 N–H and O–H groups in total. The Morgan fingerprint density at radius 3 is 2.84 bits per heavy atom. The van der Waals surface area contributed by atoms with Crippen LogP contribution in [-0.4, -0.2) is 67.4 Å². The van der Waals surface area contributed by atoms with Gasteiger partial charge in [0.05, 0.1) is 18.0 Å². The standard InChI is InChI=1S/C23H21N5O4/c1-3-32-21(29)20-13-18(28-15-24-14-25-28)12-19(26-20)17-6-4-5-16(11-17)7-8-23(31)9-10-27(2)22(23)30/h4-6,11-15,31H,3,9-10H2,1-2H3. The van der Waals surface area contributed by atoms with Gasteiger partial charge in [-0.1, -0.05) is 24.0 Å². The number of likely N-dealkylation sites (tertiary alicyclic amines) is 1. The molecule has 1 unspecified atom stereocenters. The zero-order valence-corrected chi connectivity index (χ0v) is 17.6. The predicted octanol–water partition coefficient (Wildman–Crippen LogP) is 1.45. The van der Waals surface area contributed by atoms with Crippen molar-refractivity contribution in [2.75, 3.05) is 20.2 Å². The number of benzene rings is 1. The van der Waals surface area contributed by atoms with E-state index in [4.69, 9.17) is 4.74 Å². The fourth-order valence-electron chi connectivity index (χ4n) is 3.35. The summed E-state index contributed by atoms with van der Waals surface area (Å²) in [6.07, 6.45) is 3.18. The number of ether oxygens (including phenoxy) is 1. The molecule has 1 saturated heterocycles. The van der Waals surface area contributed by atoms with Crippen molar-refractivity contribution in [2.45, 2.75) is 18.9 Å². The number of hydrogen-bond donors (Lipinski definition) is 1. The van der Waals surface area contributed by atoms with Gasteiger partial charge in [-0.2, -0.15) is 5.10 Å². The summed E-state index contributed by atoms with van der Waals surface area (Å²) in [5.74, 6) is 4.66. The third-order valence-corrected chi connectivity index (χ3v) is 5.06. The van der Waals surface area contributed by atoms with E-state index < -0.39 is 17.5 Å². The molecule has 2 aromatic heterocycles. The highest BCUT2D eigenvalue weighted by atomic mass is 16.5. The summed E-state index contributed by atoms with van der Waals surface area (Å²) >= 11 is 0. The third kappa shape index (κ3) is 4.22. The van der Waals surface area contributed by atoms with Crippen LogP contribution in [0.15, 0.2) is 49.1 Å². The smallest absolute Gasteiger partial charge is 0.357 e. The summed E-state index contributed by atoms with van der Waals surface area (Å²) in [7, 11) is 1.64. The Bertz CT molecular complexity index is 1230. The van der Waals surface area contributed by atoms with Crippen LogP contribution in [0.25, 0.3) is 16.9 Å². The molecule has 1 aromatic carbocycles. The Morgan fingerprint density at radius 2 is 2.16 bits per heavy atom. The zero-order valence-electron chi connectivity index (χ0n) is 17.6. The maximum Gasteiger partial charge on any atom is 0.357 e. The van der Waals surface area contributed by atoms with Gasteiger partial charge >= 0.3 is 5.97 Å². The van der Waals surface area contributed by atoms with E-state index in [1.807, 2.05) is 6.07 Å². The molecular formula is C23H21N5O4. The lowest BCUT2D eigenvalue weighted by Gasteiger charge is -2.13. The number of likely N-dealkylation sites (N-methyl/N-ethyl adjacent to an activating group) is 1. The van der Waals surface area contributed by atoms with Crippen molar-refractivity contribution < 1.29 is 19.4 Å². The molecule has 0 spiro atoms. The van der Waals surface area contributed by atoms with Gasteiger partial charge in [-0.3, -0.25) is 4.79 Å². The summed E-state index contributed by atoms with van der Waals surface area (Å²) < 4.78 is 6.63. The van der Waals surface area contributed by atoms with Crippen molar-refractivity contribution in [1.82, 2.24) is 24.6 Å². The first-order valence-electron chi connectivity index (χ1n) is 10.1. The Hall–Kier alpha value is -4.03. The molecule has 32 heavy (non-hydrogen) atoms.